The molecule has 0 bridgehead atoms. The second kappa shape index (κ2) is 6.54. The van der Waals surface area contributed by atoms with Crippen LogP contribution in [0.3, 0.4) is 0 Å². The average Bonchev–Trinajstić information content (AvgIpc) is 2.61. The molecule has 2 rings (SSSR count). The van der Waals surface area contributed by atoms with Crippen molar-refractivity contribution in [2.45, 2.75) is 19.4 Å². The molecule has 1 unspecified atom stereocenters. The number of hydrogen-bond donors (Lipinski definition) is 2. The van der Waals surface area contributed by atoms with E-state index in [1.165, 1.54) is 0 Å². The summed E-state index contributed by atoms with van der Waals surface area (Å²) in [6.45, 7) is 3.64. The van der Waals surface area contributed by atoms with Crippen LogP contribution in [0.4, 0.5) is 5.69 Å². The number of carbonyl (C=O) groups excluding carboxylic acids is 1. The molecule has 2 N–H and O–H groups in total. The van der Waals surface area contributed by atoms with Crippen molar-refractivity contribution < 1.29 is 14.6 Å². The smallest absolute Gasteiger partial charge is 0.246 e. The summed E-state index contributed by atoms with van der Waals surface area (Å²) in [5.74, 6) is 0.601. The highest BCUT2D eigenvalue weighted by atomic mass is 16.5. The van der Waals surface area contributed by atoms with Crippen LogP contribution >= 0.6 is 0 Å². The number of amides is 1. The van der Waals surface area contributed by atoms with Gasteiger partial charge in [0, 0.05) is 6.54 Å². The third kappa shape index (κ3) is 3.05. The Morgan fingerprint density at radius 2 is 2.26 bits per heavy atom. The van der Waals surface area contributed by atoms with Crippen LogP contribution in [0, 0.1) is 0 Å². The molecular formula is C14H20N2O3. The fraction of sp³-hybridized carbons (Fsp3) is 0.500. The van der Waals surface area contributed by atoms with Crippen LogP contribution in [-0.4, -0.2) is 43.4 Å². The van der Waals surface area contributed by atoms with Gasteiger partial charge in [-0.2, -0.15) is 0 Å². The molecule has 19 heavy (non-hydrogen) atoms. The second-order valence-corrected chi connectivity index (χ2v) is 4.43. The van der Waals surface area contributed by atoms with E-state index in [2.05, 4.69) is 5.32 Å². The molecule has 1 fully saturated rings. The summed E-state index contributed by atoms with van der Waals surface area (Å²) in [6.07, 6.45) is 0.850. The Hall–Kier alpha value is -1.59. The summed E-state index contributed by atoms with van der Waals surface area (Å²) in [5.41, 5.74) is 0.775. The molecule has 104 valence electrons. The second-order valence-electron chi connectivity index (χ2n) is 4.43. The van der Waals surface area contributed by atoms with Gasteiger partial charge >= 0.3 is 0 Å². The number of aliphatic hydroxyl groups is 1. The number of nitrogens with zero attached hydrogens (tertiary/aromatic N) is 1. The van der Waals surface area contributed by atoms with E-state index in [-0.39, 0.29) is 12.5 Å². The third-order valence-electron chi connectivity index (χ3n) is 3.15. The first-order valence-corrected chi connectivity index (χ1v) is 6.65. The van der Waals surface area contributed by atoms with Gasteiger partial charge in [0.05, 0.1) is 18.9 Å². The number of hydrogen-bond acceptors (Lipinski definition) is 4. The van der Waals surface area contributed by atoms with Crippen molar-refractivity contribution in [2.75, 3.05) is 31.2 Å². The maximum absolute atomic E-state index is 12.4. The Labute approximate surface area is 113 Å². The van der Waals surface area contributed by atoms with Gasteiger partial charge in [-0.05, 0) is 32.0 Å². The number of nitrogens with one attached hydrogen (secondary N) is 1. The first-order chi connectivity index (χ1) is 9.27. The Morgan fingerprint density at radius 1 is 1.47 bits per heavy atom. The molecule has 0 aliphatic carbocycles. The molecule has 1 aliphatic heterocycles. The van der Waals surface area contributed by atoms with Crippen LogP contribution in [0.1, 0.15) is 13.3 Å². The number of aliphatic hydroxyl groups excluding tert-OH is 1. The lowest BCUT2D eigenvalue weighted by Crippen LogP contribution is -2.46. The fourth-order valence-corrected chi connectivity index (χ4v) is 2.24. The molecule has 0 aromatic heterocycles. The van der Waals surface area contributed by atoms with E-state index < -0.39 is 6.04 Å². The zero-order valence-corrected chi connectivity index (χ0v) is 11.1. The molecule has 1 aliphatic rings. The van der Waals surface area contributed by atoms with Gasteiger partial charge in [-0.15, -0.1) is 0 Å². The highest BCUT2D eigenvalue weighted by Gasteiger charge is 2.28. The lowest BCUT2D eigenvalue weighted by atomic mass is 10.2. The molecule has 1 saturated heterocycles. The summed E-state index contributed by atoms with van der Waals surface area (Å²) in [7, 11) is 0. The van der Waals surface area contributed by atoms with Crippen molar-refractivity contribution >= 4 is 11.6 Å². The molecule has 0 spiro atoms. The number of para-hydroxylation sites is 2. The van der Waals surface area contributed by atoms with Gasteiger partial charge in [0.1, 0.15) is 11.8 Å². The van der Waals surface area contributed by atoms with Crippen LogP contribution in [0.15, 0.2) is 24.3 Å². The Bertz CT molecular complexity index is 436. The van der Waals surface area contributed by atoms with Gasteiger partial charge in [-0.1, -0.05) is 12.1 Å². The van der Waals surface area contributed by atoms with E-state index in [4.69, 9.17) is 4.74 Å². The first-order valence-electron chi connectivity index (χ1n) is 6.65. The van der Waals surface area contributed by atoms with Gasteiger partial charge in [0.15, 0.2) is 0 Å². The molecular weight excluding hydrogens is 244 g/mol. The topological polar surface area (TPSA) is 61.8 Å². The average molecular weight is 264 g/mol. The van der Waals surface area contributed by atoms with Crippen LogP contribution in [0.25, 0.3) is 0 Å². The predicted molar refractivity (Wildman–Crippen MR) is 73.5 cm³/mol. The zero-order chi connectivity index (χ0) is 13.7. The van der Waals surface area contributed by atoms with Crippen molar-refractivity contribution in [2.24, 2.45) is 0 Å². The van der Waals surface area contributed by atoms with Crippen molar-refractivity contribution in [1.82, 2.24) is 5.32 Å². The quantitative estimate of drug-likeness (QED) is 0.843. The fourth-order valence-electron chi connectivity index (χ4n) is 2.24. The zero-order valence-electron chi connectivity index (χ0n) is 11.1. The first kappa shape index (κ1) is 13.8. The molecule has 1 heterocycles. The molecule has 0 saturated carbocycles. The minimum absolute atomic E-state index is 0.104. The van der Waals surface area contributed by atoms with E-state index in [1.54, 1.807) is 4.90 Å². The summed E-state index contributed by atoms with van der Waals surface area (Å²) < 4.78 is 5.57. The number of ether oxygens (including phenoxy) is 1. The Kier molecular flexibility index (Phi) is 4.76. The summed E-state index contributed by atoms with van der Waals surface area (Å²) in [6, 6.07) is 6.98. The predicted octanol–water partition coefficient (Wildman–Crippen LogP) is 0.772. The maximum atomic E-state index is 12.4. The van der Waals surface area contributed by atoms with Crippen molar-refractivity contribution in [1.29, 1.82) is 0 Å². The van der Waals surface area contributed by atoms with Gasteiger partial charge in [0.25, 0.3) is 0 Å². The van der Waals surface area contributed by atoms with Gasteiger partial charge < -0.3 is 20.1 Å². The number of rotatable bonds is 4. The van der Waals surface area contributed by atoms with Crippen molar-refractivity contribution in [3.8, 4) is 5.75 Å². The van der Waals surface area contributed by atoms with Crippen LogP contribution in [0.5, 0.6) is 5.75 Å². The molecule has 1 aromatic carbocycles. The Morgan fingerprint density at radius 3 is 3.00 bits per heavy atom. The highest BCUT2D eigenvalue weighted by molar-refractivity contribution is 5.98. The van der Waals surface area contributed by atoms with Crippen LogP contribution in [-0.2, 0) is 4.79 Å². The minimum Gasteiger partial charge on any atom is -0.492 e. The number of benzene rings is 1. The molecule has 5 nitrogen and oxygen atoms in total. The molecule has 0 radical (unpaired) electrons. The van der Waals surface area contributed by atoms with Crippen molar-refractivity contribution in [3.63, 3.8) is 0 Å². The molecule has 1 atom stereocenters. The lowest BCUT2D eigenvalue weighted by Gasteiger charge is -2.25. The summed E-state index contributed by atoms with van der Waals surface area (Å²) in [4.78, 5) is 14.1. The maximum Gasteiger partial charge on any atom is 0.246 e. The van der Waals surface area contributed by atoms with Gasteiger partial charge in [0.2, 0.25) is 5.91 Å². The van der Waals surface area contributed by atoms with Crippen LogP contribution in [0.2, 0.25) is 0 Å². The minimum atomic E-state index is -0.530. The summed E-state index contributed by atoms with van der Waals surface area (Å²) >= 11 is 0. The molecule has 1 aromatic rings. The van der Waals surface area contributed by atoms with E-state index in [9.17, 15) is 9.90 Å². The number of anilines is 1. The SMILES string of the molecule is CCOc1ccccc1N1CCCNC(CO)C1=O. The van der Waals surface area contributed by atoms with E-state index in [1.807, 2.05) is 31.2 Å². The number of carbonyl (C=O) groups is 1. The van der Waals surface area contributed by atoms with Gasteiger partial charge in [-0.3, -0.25) is 4.79 Å². The standard InChI is InChI=1S/C14H20N2O3/c1-2-19-13-7-4-3-6-12(13)16-9-5-8-15-11(10-17)14(16)18/h3-4,6-7,11,15,17H,2,5,8-10H2,1H3. The molecule has 5 heteroatoms. The van der Waals surface area contributed by atoms with Gasteiger partial charge in [-0.25, -0.2) is 0 Å². The van der Waals surface area contributed by atoms with E-state index >= 15 is 0 Å². The highest BCUT2D eigenvalue weighted by Crippen LogP contribution is 2.29. The van der Waals surface area contributed by atoms with E-state index in [0.717, 1.165) is 18.7 Å². The third-order valence-corrected chi connectivity index (χ3v) is 3.15. The normalized spacial score (nSPS) is 20.2. The largest absolute Gasteiger partial charge is 0.492 e. The van der Waals surface area contributed by atoms with E-state index in [0.29, 0.717) is 18.9 Å². The van der Waals surface area contributed by atoms with Crippen molar-refractivity contribution in [3.05, 3.63) is 24.3 Å². The summed E-state index contributed by atoms with van der Waals surface area (Å²) in [5, 5.41) is 12.3. The monoisotopic (exact) mass is 264 g/mol. The molecule has 1 amide bonds. The lowest BCUT2D eigenvalue weighted by molar-refractivity contribution is -0.121. The van der Waals surface area contributed by atoms with Crippen LogP contribution < -0.4 is 15.0 Å². The Balaban J connectivity index is 2.30.